The minimum atomic E-state index is -0.854. The van der Waals surface area contributed by atoms with Gasteiger partial charge in [0.2, 0.25) is 0 Å². The second-order valence-corrected chi connectivity index (χ2v) is 7.06. The number of hydrogen-bond acceptors (Lipinski definition) is 5. The van der Waals surface area contributed by atoms with Crippen molar-refractivity contribution in [3.8, 4) is 11.5 Å². The molecule has 0 heterocycles. The Balaban J connectivity index is 1.56. The lowest BCUT2D eigenvalue weighted by Gasteiger charge is -2.12. The lowest BCUT2D eigenvalue weighted by molar-refractivity contribution is -0.139. The van der Waals surface area contributed by atoms with Gasteiger partial charge in [-0.1, -0.05) is 54.1 Å². The third kappa shape index (κ3) is 6.58. The van der Waals surface area contributed by atoms with Gasteiger partial charge in [0.05, 0.1) is 18.3 Å². The van der Waals surface area contributed by atoms with Crippen molar-refractivity contribution in [2.75, 3.05) is 7.11 Å². The molecule has 3 rings (SSSR count). The molecule has 0 saturated heterocycles. The standard InChI is InChI=1S/C24H22ClN3O4/c1-31-21-12-11-18(13-19(21)16-32-22-10-6-5-9-20(22)25)15-27-28-24(30)23(29)26-14-17-7-3-2-4-8-17/h2-13,15H,14,16H2,1H3,(H,26,29)(H,28,30). The highest BCUT2D eigenvalue weighted by Crippen LogP contribution is 2.26. The Labute approximate surface area is 191 Å². The molecule has 0 unspecified atom stereocenters. The maximum atomic E-state index is 11.9. The number of nitrogens with one attached hydrogen (secondary N) is 2. The van der Waals surface area contributed by atoms with E-state index in [0.29, 0.717) is 22.1 Å². The van der Waals surface area contributed by atoms with Crippen LogP contribution in [0, 0.1) is 0 Å². The molecule has 2 amide bonds. The Morgan fingerprint density at radius 2 is 1.72 bits per heavy atom. The maximum Gasteiger partial charge on any atom is 0.329 e. The van der Waals surface area contributed by atoms with E-state index in [4.69, 9.17) is 21.1 Å². The van der Waals surface area contributed by atoms with Crippen LogP contribution in [0.4, 0.5) is 0 Å². The van der Waals surface area contributed by atoms with Crippen LogP contribution >= 0.6 is 11.6 Å². The molecule has 0 spiro atoms. The highest BCUT2D eigenvalue weighted by Gasteiger charge is 2.12. The molecular weight excluding hydrogens is 430 g/mol. The molecule has 0 aliphatic carbocycles. The van der Waals surface area contributed by atoms with Gasteiger partial charge in [-0.25, -0.2) is 5.43 Å². The van der Waals surface area contributed by atoms with Crippen LogP contribution in [0.3, 0.4) is 0 Å². The van der Waals surface area contributed by atoms with E-state index in [9.17, 15) is 9.59 Å². The van der Waals surface area contributed by atoms with Crippen LogP contribution in [0.25, 0.3) is 0 Å². The van der Waals surface area contributed by atoms with Crippen molar-refractivity contribution >= 4 is 29.6 Å². The molecule has 3 aromatic carbocycles. The van der Waals surface area contributed by atoms with Gasteiger partial charge in [-0.05, 0) is 41.5 Å². The van der Waals surface area contributed by atoms with Crippen molar-refractivity contribution < 1.29 is 19.1 Å². The van der Waals surface area contributed by atoms with Gasteiger partial charge < -0.3 is 14.8 Å². The van der Waals surface area contributed by atoms with E-state index in [1.54, 1.807) is 37.4 Å². The highest BCUT2D eigenvalue weighted by atomic mass is 35.5. The number of hydrogen-bond donors (Lipinski definition) is 2. The quantitative estimate of drug-likeness (QED) is 0.310. The molecule has 32 heavy (non-hydrogen) atoms. The van der Waals surface area contributed by atoms with E-state index in [1.165, 1.54) is 6.21 Å². The molecule has 164 valence electrons. The van der Waals surface area contributed by atoms with Crippen LogP contribution in [0.5, 0.6) is 11.5 Å². The monoisotopic (exact) mass is 451 g/mol. The largest absolute Gasteiger partial charge is 0.496 e. The number of rotatable bonds is 8. The Bertz CT molecular complexity index is 1100. The van der Waals surface area contributed by atoms with Gasteiger partial charge in [-0.15, -0.1) is 0 Å². The summed E-state index contributed by atoms with van der Waals surface area (Å²) < 4.78 is 11.2. The number of hydrazone groups is 1. The summed E-state index contributed by atoms with van der Waals surface area (Å²) in [6, 6.07) is 21.8. The van der Waals surface area contributed by atoms with Gasteiger partial charge in [-0.3, -0.25) is 9.59 Å². The lowest BCUT2D eigenvalue weighted by atomic mass is 10.1. The van der Waals surface area contributed by atoms with Gasteiger partial charge in [0.25, 0.3) is 0 Å². The maximum absolute atomic E-state index is 11.9. The Hall–Kier alpha value is -3.84. The summed E-state index contributed by atoms with van der Waals surface area (Å²) in [6.07, 6.45) is 1.43. The van der Waals surface area contributed by atoms with Gasteiger partial charge in [0.15, 0.2) is 0 Å². The molecule has 7 nitrogen and oxygen atoms in total. The van der Waals surface area contributed by atoms with Crippen molar-refractivity contribution in [2.24, 2.45) is 5.10 Å². The summed E-state index contributed by atoms with van der Waals surface area (Å²) in [5, 5.41) is 6.91. The van der Waals surface area contributed by atoms with Crippen LogP contribution in [0.1, 0.15) is 16.7 Å². The SMILES string of the molecule is COc1ccc(C=NNC(=O)C(=O)NCc2ccccc2)cc1COc1ccccc1Cl. The number of para-hydroxylation sites is 1. The van der Waals surface area contributed by atoms with E-state index in [0.717, 1.165) is 11.1 Å². The number of halogens is 1. The minimum Gasteiger partial charge on any atom is -0.496 e. The first kappa shape index (κ1) is 22.8. The molecule has 2 N–H and O–H groups in total. The average Bonchev–Trinajstić information content (AvgIpc) is 2.82. The summed E-state index contributed by atoms with van der Waals surface area (Å²) in [4.78, 5) is 23.8. The number of benzene rings is 3. The van der Waals surface area contributed by atoms with Crippen LogP contribution in [-0.2, 0) is 22.7 Å². The fourth-order valence-corrected chi connectivity index (χ4v) is 2.97. The van der Waals surface area contributed by atoms with E-state index in [1.807, 2.05) is 42.5 Å². The molecule has 0 aliphatic heterocycles. The molecule has 0 aliphatic rings. The molecule has 3 aromatic rings. The molecular formula is C24H22ClN3O4. The fraction of sp³-hybridized carbons (Fsp3) is 0.125. The van der Waals surface area contributed by atoms with E-state index in [2.05, 4.69) is 15.8 Å². The molecule has 0 bridgehead atoms. The number of amides is 2. The van der Waals surface area contributed by atoms with Crippen molar-refractivity contribution in [3.05, 3.63) is 94.5 Å². The van der Waals surface area contributed by atoms with Gasteiger partial charge in [-0.2, -0.15) is 5.10 Å². The topological polar surface area (TPSA) is 89.0 Å². The molecule has 8 heteroatoms. The van der Waals surface area contributed by atoms with Crippen molar-refractivity contribution in [3.63, 3.8) is 0 Å². The highest BCUT2D eigenvalue weighted by molar-refractivity contribution is 6.35. The molecule has 0 saturated carbocycles. The van der Waals surface area contributed by atoms with Crippen LogP contribution in [-0.4, -0.2) is 25.1 Å². The number of methoxy groups -OCH3 is 1. The van der Waals surface area contributed by atoms with Crippen LogP contribution < -0.4 is 20.2 Å². The zero-order valence-corrected chi connectivity index (χ0v) is 18.1. The summed E-state index contributed by atoms with van der Waals surface area (Å²) in [7, 11) is 1.57. The summed E-state index contributed by atoms with van der Waals surface area (Å²) in [5.74, 6) is -0.426. The molecule has 0 atom stereocenters. The van der Waals surface area contributed by atoms with Crippen LogP contribution in [0.2, 0.25) is 5.02 Å². The first-order valence-electron chi connectivity index (χ1n) is 9.76. The summed E-state index contributed by atoms with van der Waals surface area (Å²) in [6.45, 7) is 0.479. The minimum absolute atomic E-state index is 0.225. The van der Waals surface area contributed by atoms with Gasteiger partial charge in [0.1, 0.15) is 18.1 Å². The third-order valence-corrected chi connectivity index (χ3v) is 4.72. The average molecular weight is 452 g/mol. The molecule has 0 radical (unpaired) electrons. The smallest absolute Gasteiger partial charge is 0.329 e. The zero-order valence-electron chi connectivity index (χ0n) is 17.4. The lowest BCUT2D eigenvalue weighted by Crippen LogP contribution is -2.37. The van der Waals surface area contributed by atoms with Crippen molar-refractivity contribution in [1.29, 1.82) is 0 Å². The first-order chi connectivity index (χ1) is 15.6. The second kappa shape index (κ2) is 11.5. The van der Waals surface area contributed by atoms with E-state index in [-0.39, 0.29) is 13.2 Å². The summed E-state index contributed by atoms with van der Waals surface area (Å²) >= 11 is 6.13. The normalized spacial score (nSPS) is 10.6. The predicted octanol–water partition coefficient (Wildman–Crippen LogP) is 3.69. The number of nitrogens with zero attached hydrogens (tertiary/aromatic N) is 1. The van der Waals surface area contributed by atoms with Crippen molar-refractivity contribution in [2.45, 2.75) is 13.2 Å². The molecule has 0 fully saturated rings. The third-order valence-electron chi connectivity index (χ3n) is 4.41. The zero-order chi connectivity index (χ0) is 22.8. The Kier molecular flexibility index (Phi) is 8.22. The Morgan fingerprint density at radius 1 is 0.969 bits per heavy atom. The van der Waals surface area contributed by atoms with Crippen LogP contribution in [0.15, 0.2) is 77.9 Å². The number of carbonyl (C=O) groups is 2. The predicted molar refractivity (Wildman–Crippen MR) is 123 cm³/mol. The molecule has 0 aromatic heterocycles. The first-order valence-corrected chi connectivity index (χ1v) is 10.1. The summed E-state index contributed by atoms with van der Waals surface area (Å²) in [5.41, 5.74) is 4.57. The van der Waals surface area contributed by atoms with Crippen molar-refractivity contribution in [1.82, 2.24) is 10.7 Å². The van der Waals surface area contributed by atoms with E-state index >= 15 is 0 Å². The fourth-order valence-electron chi connectivity index (χ4n) is 2.78. The van der Waals surface area contributed by atoms with Gasteiger partial charge >= 0.3 is 11.8 Å². The number of carbonyl (C=O) groups excluding carboxylic acids is 2. The number of ether oxygens (including phenoxy) is 2. The Morgan fingerprint density at radius 3 is 2.47 bits per heavy atom. The van der Waals surface area contributed by atoms with E-state index < -0.39 is 11.8 Å². The second-order valence-electron chi connectivity index (χ2n) is 6.66. The van der Waals surface area contributed by atoms with Gasteiger partial charge in [0, 0.05) is 12.1 Å².